The lowest BCUT2D eigenvalue weighted by Gasteiger charge is -1.93. The van der Waals surface area contributed by atoms with E-state index >= 15 is 0 Å². The highest BCUT2D eigenvalue weighted by molar-refractivity contribution is 6.29. The molecule has 0 aliphatic heterocycles. The van der Waals surface area contributed by atoms with Crippen molar-refractivity contribution in [2.45, 2.75) is 0 Å². The van der Waals surface area contributed by atoms with Gasteiger partial charge in [-0.1, -0.05) is 11.6 Å². The maximum atomic E-state index is 12.9. The van der Waals surface area contributed by atoms with Crippen molar-refractivity contribution in [1.29, 1.82) is 0 Å². The van der Waals surface area contributed by atoms with Gasteiger partial charge in [0.1, 0.15) is 0 Å². The number of hydrogen-bond donors (Lipinski definition) is 0. The minimum absolute atomic E-state index is 0.119. The number of imidazole rings is 1. The van der Waals surface area contributed by atoms with Crippen molar-refractivity contribution < 1.29 is 4.39 Å². The number of hydrogen-bond acceptors (Lipinski definition) is 2. The molecule has 2 rings (SSSR count). The van der Waals surface area contributed by atoms with Crippen molar-refractivity contribution >= 4 is 17.2 Å². The Morgan fingerprint density at radius 1 is 1.55 bits per heavy atom. The normalized spacial score (nSPS) is 10.7. The van der Waals surface area contributed by atoms with Crippen LogP contribution in [0.2, 0.25) is 5.15 Å². The zero-order valence-electron chi connectivity index (χ0n) is 5.33. The average Bonchev–Trinajstić information content (AvgIpc) is 2.34. The fourth-order valence-corrected chi connectivity index (χ4v) is 1.03. The Labute approximate surface area is 66.4 Å². The zero-order valence-corrected chi connectivity index (χ0v) is 6.09. The molecule has 0 fully saturated rings. The molecule has 0 aromatic carbocycles. The Morgan fingerprint density at radius 3 is 3.18 bits per heavy atom. The van der Waals surface area contributed by atoms with Gasteiger partial charge < -0.3 is 0 Å². The summed E-state index contributed by atoms with van der Waals surface area (Å²) in [5.74, 6) is -0.463. The molecule has 56 valence electrons. The maximum absolute atomic E-state index is 12.9. The summed E-state index contributed by atoms with van der Waals surface area (Å²) in [6, 6.07) is 1.13. The summed E-state index contributed by atoms with van der Waals surface area (Å²) in [7, 11) is 0. The van der Waals surface area contributed by atoms with E-state index in [9.17, 15) is 4.39 Å². The molecule has 0 bridgehead atoms. The summed E-state index contributed by atoms with van der Waals surface area (Å²) in [4.78, 5) is 3.73. The van der Waals surface area contributed by atoms with Gasteiger partial charge in [-0.05, 0) is 0 Å². The Morgan fingerprint density at radius 2 is 2.36 bits per heavy atom. The standard InChI is InChI=1S/C6H3ClFN3/c7-5-3-4(8)6-9-1-2-11(6)10-5/h1-3H. The SMILES string of the molecule is Fc1cc(Cl)nn2ccnc12. The summed E-state index contributed by atoms with van der Waals surface area (Å²) in [5, 5.41) is 3.89. The zero-order chi connectivity index (χ0) is 7.84. The first-order valence-electron chi connectivity index (χ1n) is 2.93. The van der Waals surface area contributed by atoms with Crippen molar-refractivity contribution in [1.82, 2.24) is 14.6 Å². The highest BCUT2D eigenvalue weighted by atomic mass is 35.5. The van der Waals surface area contributed by atoms with Crippen molar-refractivity contribution in [3.63, 3.8) is 0 Å². The van der Waals surface area contributed by atoms with Crippen molar-refractivity contribution in [3.05, 3.63) is 29.4 Å². The van der Waals surface area contributed by atoms with E-state index in [2.05, 4.69) is 10.1 Å². The number of nitrogens with zero attached hydrogens (tertiary/aromatic N) is 3. The van der Waals surface area contributed by atoms with Gasteiger partial charge in [-0.3, -0.25) is 0 Å². The molecule has 2 heterocycles. The molecule has 5 heteroatoms. The third-order valence-corrected chi connectivity index (χ3v) is 1.47. The second-order valence-corrected chi connectivity index (χ2v) is 2.40. The van der Waals surface area contributed by atoms with Gasteiger partial charge in [0.2, 0.25) is 0 Å². The smallest absolute Gasteiger partial charge is 0.189 e. The van der Waals surface area contributed by atoms with Crippen molar-refractivity contribution in [3.8, 4) is 0 Å². The number of rotatable bonds is 0. The van der Waals surface area contributed by atoms with E-state index in [1.54, 1.807) is 0 Å². The van der Waals surface area contributed by atoms with E-state index in [4.69, 9.17) is 11.6 Å². The molecule has 0 saturated heterocycles. The molecule has 0 atom stereocenters. The molecule has 0 amide bonds. The van der Waals surface area contributed by atoms with E-state index in [1.165, 1.54) is 16.9 Å². The van der Waals surface area contributed by atoms with E-state index in [0.29, 0.717) is 0 Å². The van der Waals surface area contributed by atoms with Gasteiger partial charge in [0.05, 0.1) is 0 Å². The van der Waals surface area contributed by atoms with E-state index in [0.717, 1.165) is 6.07 Å². The third-order valence-electron chi connectivity index (χ3n) is 1.28. The first-order valence-corrected chi connectivity index (χ1v) is 3.30. The van der Waals surface area contributed by atoms with Crippen molar-refractivity contribution in [2.75, 3.05) is 0 Å². The minimum atomic E-state index is -0.463. The molecule has 0 radical (unpaired) electrons. The lowest BCUT2D eigenvalue weighted by Crippen LogP contribution is -1.93. The van der Waals surface area contributed by atoms with Gasteiger partial charge in [0.15, 0.2) is 16.6 Å². The van der Waals surface area contributed by atoms with Crippen LogP contribution >= 0.6 is 11.6 Å². The fourth-order valence-electron chi connectivity index (χ4n) is 0.850. The highest BCUT2D eigenvalue weighted by Crippen LogP contribution is 2.10. The lowest BCUT2D eigenvalue weighted by atomic mass is 10.5. The Balaban J connectivity index is 2.91. The first kappa shape index (κ1) is 6.54. The van der Waals surface area contributed by atoms with Crippen LogP contribution in [0.3, 0.4) is 0 Å². The Kier molecular flexibility index (Phi) is 1.29. The van der Waals surface area contributed by atoms with Crippen LogP contribution in [-0.2, 0) is 0 Å². The van der Waals surface area contributed by atoms with Crippen LogP contribution in [0.25, 0.3) is 5.65 Å². The van der Waals surface area contributed by atoms with Crippen LogP contribution in [0.1, 0.15) is 0 Å². The maximum Gasteiger partial charge on any atom is 0.189 e. The number of aromatic nitrogens is 3. The van der Waals surface area contributed by atoms with Crippen LogP contribution in [0.4, 0.5) is 4.39 Å². The summed E-state index contributed by atoms with van der Waals surface area (Å²) >= 11 is 5.48. The molecule has 2 aromatic heterocycles. The summed E-state index contributed by atoms with van der Waals surface area (Å²) in [6.07, 6.45) is 2.99. The molecule has 0 aliphatic carbocycles. The molecule has 0 aliphatic rings. The van der Waals surface area contributed by atoms with Crippen LogP contribution in [0.5, 0.6) is 0 Å². The summed E-state index contributed by atoms with van der Waals surface area (Å²) in [6.45, 7) is 0. The van der Waals surface area contributed by atoms with Gasteiger partial charge in [-0.2, -0.15) is 5.10 Å². The fraction of sp³-hybridized carbons (Fsp3) is 0. The molecule has 2 aromatic rings. The van der Waals surface area contributed by atoms with E-state index < -0.39 is 5.82 Å². The van der Waals surface area contributed by atoms with Gasteiger partial charge in [-0.15, -0.1) is 0 Å². The summed E-state index contributed by atoms with van der Waals surface area (Å²) < 4.78 is 14.2. The number of halogens is 2. The molecule has 3 nitrogen and oxygen atoms in total. The molecule has 11 heavy (non-hydrogen) atoms. The van der Waals surface area contributed by atoms with E-state index in [1.807, 2.05) is 0 Å². The van der Waals surface area contributed by atoms with Crippen LogP contribution < -0.4 is 0 Å². The third kappa shape index (κ3) is 0.952. The molecule has 0 saturated carbocycles. The molecule has 0 spiro atoms. The van der Waals surface area contributed by atoms with Crippen molar-refractivity contribution in [2.24, 2.45) is 0 Å². The molecule has 0 unspecified atom stereocenters. The van der Waals surface area contributed by atoms with Gasteiger partial charge in [0.25, 0.3) is 0 Å². The second kappa shape index (κ2) is 2.17. The molecular formula is C6H3ClFN3. The van der Waals surface area contributed by atoms with Gasteiger partial charge >= 0.3 is 0 Å². The Bertz CT molecular complexity index is 398. The predicted molar refractivity (Wildman–Crippen MR) is 38.0 cm³/mol. The van der Waals surface area contributed by atoms with E-state index in [-0.39, 0.29) is 10.8 Å². The lowest BCUT2D eigenvalue weighted by molar-refractivity contribution is 0.623. The monoisotopic (exact) mass is 171 g/mol. The largest absolute Gasteiger partial charge is 0.233 e. The summed E-state index contributed by atoms with van der Waals surface area (Å²) in [5.41, 5.74) is 0.189. The van der Waals surface area contributed by atoms with Crippen LogP contribution in [-0.4, -0.2) is 14.6 Å². The van der Waals surface area contributed by atoms with Gasteiger partial charge in [0, 0.05) is 18.5 Å². The van der Waals surface area contributed by atoms with Crippen LogP contribution in [0, 0.1) is 5.82 Å². The number of fused-ring (bicyclic) bond motifs is 1. The highest BCUT2D eigenvalue weighted by Gasteiger charge is 2.03. The molecule has 0 N–H and O–H groups in total. The first-order chi connectivity index (χ1) is 5.27. The van der Waals surface area contributed by atoms with Crippen LogP contribution in [0.15, 0.2) is 18.5 Å². The average molecular weight is 172 g/mol. The minimum Gasteiger partial charge on any atom is -0.233 e. The quantitative estimate of drug-likeness (QED) is 0.602. The topological polar surface area (TPSA) is 30.2 Å². The van der Waals surface area contributed by atoms with Gasteiger partial charge in [-0.25, -0.2) is 13.9 Å². The second-order valence-electron chi connectivity index (χ2n) is 2.01. The Hall–Kier alpha value is -1.16. The predicted octanol–water partition coefficient (Wildman–Crippen LogP) is 1.52. The molecular weight excluding hydrogens is 169 g/mol.